The van der Waals surface area contributed by atoms with Crippen LogP contribution in [0.3, 0.4) is 0 Å². The van der Waals surface area contributed by atoms with Crippen molar-refractivity contribution in [1.82, 2.24) is 14.7 Å². The molecule has 74 valence electrons. The first-order valence-corrected chi connectivity index (χ1v) is 7.16. The van der Waals surface area contributed by atoms with Crippen LogP contribution in [0.5, 0.6) is 0 Å². The van der Waals surface area contributed by atoms with Crippen LogP contribution in [-0.4, -0.2) is 22.9 Å². The quantitative estimate of drug-likeness (QED) is 0.662. The van der Waals surface area contributed by atoms with E-state index in [1.54, 1.807) is 0 Å². The SMILES string of the molecule is C[Si](C)(C)n1ncc(C(F)(F)F)n1. The average molecular weight is 209 g/mol. The van der Waals surface area contributed by atoms with Crippen LogP contribution in [0.4, 0.5) is 13.2 Å². The highest BCUT2D eigenvalue weighted by Gasteiger charge is 2.35. The topological polar surface area (TPSA) is 30.7 Å². The maximum atomic E-state index is 12.1. The van der Waals surface area contributed by atoms with Gasteiger partial charge >= 0.3 is 6.18 Å². The van der Waals surface area contributed by atoms with Gasteiger partial charge in [-0.3, -0.25) is 0 Å². The zero-order valence-electron chi connectivity index (χ0n) is 7.55. The molecule has 0 unspecified atom stereocenters. The van der Waals surface area contributed by atoms with Gasteiger partial charge in [-0.05, 0) is 19.6 Å². The molecule has 1 heterocycles. The van der Waals surface area contributed by atoms with Crippen LogP contribution >= 0.6 is 0 Å². The van der Waals surface area contributed by atoms with E-state index in [0.717, 1.165) is 6.20 Å². The zero-order valence-corrected chi connectivity index (χ0v) is 8.55. The molecule has 0 aromatic carbocycles. The van der Waals surface area contributed by atoms with Crippen LogP contribution in [0.25, 0.3) is 0 Å². The van der Waals surface area contributed by atoms with Crippen LogP contribution in [0, 0.1) is 0 Å². The predicted molar refractivity (Wildman–Crippen MR) is 43.8 cm³/mol. The molecule has 0 saturated heterocycles. The molecule has 1 aromatic rings. The molecule has 0 atom stereocenters. The van der Waals surface area contributed by atoms with Crippen molar-refractivity contribution in [3.63, 3.8) is 0 Å². The predicted octanol–water partition coefficient (Wildman–Crippen LogP) is 1.98. The van der Waals surface area contributed by atoms with Gasteiger partial charge in [-0.15, -0.1) is 0 Å². The number of hydrogen-bond donors (Lipinski definition) is 0. The van der Waals surface area contributed by atoms with Crippen molar-refractivity contribution in [2.75, 3.05) is 0 Å². The van der Waals surface area contributed by atoms with Crippen molar-refractivity contribution >= 4 is 8.24 Å². The summed E-state index contributed by atoms with van der Waals surface area (Å²) in [6.45, 7) is 5.60. The molecule has 3 nitrogen and oxygen atoms in total. The van der Waals surface area contributed by atoms with Crippen LogP contribution in [0.1, 0.15) is 5.69 Å². The lowest BCUT2D eigenvalue weighted by molar-refractivity contribution is -0.141. The monoisotopic (exact) mass is 209 g/mol. The van der Waals surface area contributed by atoms with Gasteiger partial charge in [0.25, 0.3) is 0 Å². The van der Waals surface area contributed by atoms with E-state index in [-0.39, 0.29) is 0 Å². The van der Waals surface area contributed by atoms with Gasteiger partial charge < -0.3 is 0 Å². The molecule has 0 aliphatic heterocycles. The normalized spacial score (nSPS) is 13.4. The van der Waals surface area contributed by atoms with E-state index >= 15 is 0 Å². The van der Waals surface area contributed by atoms with Crippen molar-refractivity contribution in [2.45, 2.75) is 25.8 Å². The van der Waals surface area contributed by atoms with Crippen molar-refractivity contribution in [3.8, 4) is 0 Å². The van der Waals surface area contributed by atoms with Crippen LogP contribution < -0.4 is 0 Å². The first kappa shape index (κ1) is 10.2. The molecule has 0 radical (unpaired) electrons. The smallest absolute Gasteiger partial charge is 0.221 e. The lowest BCUT2D eigenvalue weighted by atomic mass is 10.5. The van der Waals surface area contributed by atoms with Gasteiger partial charge in [-0.2, -0.15) is 23.4 Å². The number of alkyl halides is 3. The number of hydrogen-bond acceptors (Lipinski definition) is 2. The van der Waals surface area contributed by atoms with E-state index in [1.165, 1.54) is 4.46 Å². The Kier molecular flexibility index (Phi) is 2.22. The van der Waals surface area contributed by atoms with E-state index in [9.17, 15) is 13.2 Å². The van der Waals surface area contributed by atoms with Crippen molar-refractivity contribution in [2.24, 2.45) is 0 Å². The van der Waals surface area contributed by atoms with Crippen molar-refractivity contribution in [1.29, 1.82) is 0 Å². The van der Waals surface area contributed by atoms with Gasteiger partial charge in [0.05, 0.1) is 6.20 Å². The second-order valence-electron chi connectivity index (χ2n) is 3.69. The van der Waals surface area contributed by atoms with Gasteiger partial charge in [0.2, 0.25) is 8.24 Å². The van der Waals surface area contributed by atoms with Crippen LogP contribution in [-0.2, 0) is 6.18 Å². The third-order valence-electron chi connectivity index (χ3n) is 1.38. The van der Waals surface area contributed by atoms with Crippen LogP contribution in [0.2, 0.25) is 19.6 Å². The summed E-state index contributed by atoms with van der Waals surface area (Å²) in [5.41, 5.74) is -0.921. The molecule has 0 saturated carbocycles. The number of nitrogens with zero attached hydrogens (tertiary/aromatic N) is 3. The standard InChI is InChI=1S/C6H10F3N3Si/c1-13(2,3)12-10-4-5(11-12)6(7,8)9/h4H,1-3H3. The molecule has 1 aromatic heterocycles. The minimum Gasteiger partial charge on any atom is -0.221 e. The fraction of sp³-hybridized carbons (Fsp3) is 0.667. The minimum atomic E-state index is -4.39. The van der Waals surface area contributed by atoms with E-state index in [1.807, 2.05) is 19.6 Å². The fourth-order valence-electron chi connectivity index (χ4n) is 0.716. The highest BCUT2D eigenvalue weighted by atomic mass is 28.3. The molecule has 0 aliphatic rings. The second kappa shape index (κ2) is 2.83. The van der Waals surface area contributed by atoms with Crippen molar-refractivity contribution in [3.05, 3.63) is 11.9 Å². The summed E-state index contributed by atoms with van der Waals surface area (Å²) in [6, 6.07) is 0. The molecule has 0 fully saturated rings. The molecular formula is C6H10F3N3Si. The third kappa shape index (κ3) is 2.30. The molecule has 1 rings (SSSR count). The summed E-state index contributed by atoms with van der Waals surface area (Å²) >= 11 is 0. The summed E-state index contributed by atoms with van der Waals surface area (Å²) in [5, 5.41) is 7.00. The first-order chi connectivity index (χ1) is 5.71. The highest BCUT2D eigenvalue weighted by Crippen LogP contribution is 2.26. The molecule has 0 amide bonds. The van der Waals surface area contributed by atoms with Gasteiger partial charge in [0, 0.05) is 0 Å². The minimum absolute atomic E-state index is 0.762. The second-order valence-corrected chi connectivity index (χ2v) is 8.43. The number of aromatic nitrogens is 3. The molecule has 13 heavy (non-hydrogen) atoms. The average Bonchev–Trinajstić information content (AvgIpc) is 2.28. The highest BCUT2D eigenvalue weighted by molar-refractivity contribution is 6.73. The third-order valence-corrected chi connectivity index (χ3v) is 2.80. The molecular weight excluding hydrogens is 199 g/mol. The molecule has 0 aliphatic carbocycles. The fourth-order valence-corrected chi connectivity index (χ4v) is 1.53. The van der Waals surface area contributed by atoms with E-state index in [4.69, 9.17) is 0 Å². The Labute approximate surface area is 74.6 Å². The van der Waals surface area contributed by atoms with Crippen molar-refractivity contribution < 1.29 is 13.2 Å². The Morgan fingerprint density at radius 1 is 1.31 bits per heavy atom. The Balaban J connectivity index is 3.01. The van der Waals surface area contributed by atoms with Gasteiger partial charge in [-0.25, -0.2) is 4.46 Å². The van der Waals surface area contributed by atoms with Gasteiger partial charge in [0.15, 0.2) is 5.69 Å². The molecule has 0 N–H and O–H groups in total. The Hall–Kier alpha value is -0.853. The number of halogens is 3. The number of rotatable bonds is 1. The first-order valence-electron chi connectivity index (χ1n) is 3.71. The lowest BCUT2D eigenvalue weighted by Crippen LogP contribution is -2.34. The summed E-state index contributed by atoms with van der Waals surface area (Å²) in [6.07, 6.45) is -3.63. The molecule has 0 spiro atoms. The Bertz CT molecular complexity index is 270. The summed E-state index contributed by atoms with van der Waals surface area (Å²) in [4.78, 5) is 0. The summed E-state index contributed by atoms with van der Waals surface area (Å²) < 4.78 is 37.5. The molecule has 0 bridgehead atoms. The van der Waals surface area contributed by atoms with Crippen LogP contribution in [0.15, 0.2) is 6.20 Å². The molecule has 7 heteroatoms. The lowest BCUT2D eigenvalue weighted by Gasteiger charge is -2.13. The Morgan fingerprint density at radius 3 is 2.08 bits per heavy atom. The van der Waals surface area contributed by atoms with E-state index in [2.05, 4.69) is 10.2 Å². The van der Waals surface area contributed by atoms with E-state index < -0.39 is 20.1 Å². The Morgan fingerprint density at radius 2 is 1.85 bits per heavy atom. The summed E-state index contributed by atoms with van der Waals surface area (Å²) in [7, 11) is -1.90. The van der Waals surface area contributed by atoms with E-state index in [0.29, 0.717) is 0 Å². The maximum Gasteiger partial charge on any atom is 0.436 e. The summed E-state index contributed by atoms with van der Waals surface area (Å²) in [5.74, 6) is 0. The van der Waals surface area contributed by atoms with Gasteiger partial charge in [-0.1, -0.05) is 0 Å². The largest absolute Gasteiger partial charge is 0.436 e. The van der Waals surface area contributed by atoms with Gasteiger partial charge in [0.1, 0.15) is 0 Å². The zero-order chi connectivity index (χ0) is 10.3. The maximum absolute atomic E-state index is 12.1.